The van der Waals surface area contributed by atoms with E-state index in [1.54, 1.807) is 28.9 Å². The molecule has 3 rings (SSSR count). The van der Waals surface area contributed by atoms with Gasteiger partial charge in [-0.15, -0.1) is 0 Å². The van der Waals surface area contributed by atoms with Crippen molar-refractivity contribution in [2.75, 3.05) is 12.4 Å². The molecule has 0 spiro atoms. The van der Waals surface area contributed by atoms with Crippen LogP contribution in [-0.4, -0.2) is 22.8 Å². The fourth-order valence-corrected chi connectivity index (χ4v) is 2.84. The molecule has 0 bridgehead atoms. The summed E-state index contributed by atoms with van der Waals surface area (Å²) in [5, 5.41) is 8.11. The molecule has 0 saturated carbocycles. The third-order valence-corrected chi connectivity index (χ3v) is 4.47. The topological polar surface area (TPSA) is 73.2 Å². The number of anilines is 1. The summed E-state index contributed by atoms with van der Waals surface area (Å²) < 4.78 is 6.92. The number of carbonyl (C=O) groups excluding carboxylic acids is 1. The van der Waals surface area contributed by atoms with Crippen molar-refractivity contribution in [3.8, 4) is 5.75 Å². The van der Waals surface area contributed by atoms with Crippen LogP contribution in [0.4, 0.5) is 5.69 Å². The van der Waals surface area contributed by atoms with Gasteiger partial charge in [0, 0.05) is 22.9 Å². The van der Waals surface area contributed by atoms with E-state index in [2.05, 4.69) is 10.4 Å². The van der Waals surface area contributed by atoms with Crippen molar-refractivity contribution in [3.63, 3.8) is 0 Å². The quantitative estimate of drug-likeness (QED) is 0.746. The Morgan fingerprint density at radius 2 is 2.08 bits per heavy atom. The Balaban J connectivity index is 1.76. The number of halogens is 1. The van der Waals surface area contributed by atoms with Gasteiger partial charge in [0.25, 0.3) is 0 Å². The fourth-order valence-electron chi connectivity index (χ4n) is 2.69. The van der Waals surface area contributed by atoms with Crippen molar-refractivity contribution in [1.29, 1.82) is 0 Å². The number of rotatable bonds is 5. The van der Waals surface area contributed by atoms with E-state index in [1.807, 2.05) is 19.1 Å². The van der Waals surface area contributed by atoms with Crippen molar-refractivity contribution in [2.45, 2.75) is 19.9 Å². The second kappa shape index (κ2) is 7.58. The number of aromatic nitrogens is 2. The van der Waals surface area contributed by atoms with Crippen LogP contribution in [0.25, 0.3) is 10.9 Å². The predicted octanol–water partition coefficient (Wildman–Crippen LogP) is 3.40. The van der Waals surface area contributed by atoms with Gasteiger partial charge < -0.3 is 10.1 Å². The van der Waals surface area contributed by atoms with Crippen molar-refractivity contribution >= 4 is 34.1 Å². The highest BCUT2D eigenvalue weighted by Crippen LogP contribution is 2.31. The zero-order valence-electron chi connectivity index (χ0n) is 14.5. The Bertz CT molecular complexity index is 1030. The first-order valence-corrected chi connectivity index (χ1v) is 8.46. The number of ether oxygens (including phenoxy) is 1. The van der Waals surface area contributed by atoms with Crippen LogP contribution in [0, 0.1) is 6.92 Å². The van der Waals surface area contributed by atoms with E-state index in [-0.39, 0.29) is 17.8 Å². The van der Waals surface area contributed by atoms with Crippen molar-refractivity contribution < 1.29 is 9.53 Å². The molecular weight excluding hydrogens is 354 g/mol. The molecule has 6 nitrogen and oxygen atoms in total. The minimum absolute atomic E-state index is 0.136. The van der Waals surface area contributed by atoms with E-state index in [1.165, 1.54) is 13.3 Å². The van der Waals surface area contributed by atoms with Crippen LogP contribution < -0.4 is 15.5 Å². The number of fused-ring (bicyclic) bond motifs is 1. The number of aryl methyl sites for hydroxylation is 2. The summed E-state index contributed by atoms with van der Waals surface area (Å²) in [7, 11) is 1.52. The maximum absolute atomic E-state index is 12.4. The minimum atomic E-state index is -0.186. The third-order valence-electron chi connectivity index (χ3n) is 4.07. The van der Waals surface area contributed by atoms with Gasteiger partial charge in [0.1, 0.15) is 5.75 Å². The molecule has 0 aliphatic heterocycles. The minimum Gasteiger partial charge on any atom is -0.495 e. The summed E-state index contributed by atoms with van der Waals surface area (Å²) in [5.41, 5.74) is 1.98. The number of benzene rings is 2. The Labute approximate surface area is 155 Å². The number of methoxy groups -OCH3 is 1. The van der Waals surface area contributed by atoms with Gasteiger partial charge in [-0.2, -0.15) is 5.10 Å². The molecule has 26 heavy (non-hydrogen) atoms. The zero-order valence-corrected chi connectivity index (χ0v) is 15.2. The molecule has 7 heteroatoms. The number of hydrogen-bond donors (Lipinski definition) is 1. The van der Waals surface area contributed by atoms with E-state index < -0.39 is 0 Å². The summed E-state index contributed by atoms with van der Waals surface area (Å²) >= 11 is 6.08. The molecule has 1 N–H and O–H groups in total. The molecule has 134 valence electrons. The first-order chi connectivity index (χ1) is 12.5. The number of para-hydroxylation sites is 1. The normalized spacial score (nSPS) is 10.7. The zero-order chi connectivity index (χ0) is 18.7. The Morgan fingerprint density at radius 1 is 1.31 bits per heavy atom. The van der Waals surface area contributed by atoms with E-state index in [0.717, 1.165) is 5.56 Å². The van der Waals surface area contributed by atoms with Crippen LogP contribution in [-0.2, 0) is 11.3 Å². The Kier molecular flexibility index (Phi) is 5.23. The van der Waals surface area contributed by atoms with Crippen molar-refractivity contribution in [3.05, 3.63) is 63.4 Å². The van der Waals surface area contributed by atoms with Crippen LogP contribution in [0.2, 0.25) is 5.02 Å². The lowest BCUT2D eigenvalue weighted by Gasteiger charge is -2.13. The highest BCUT2D eigenvalue weighted by molar-refractivity contribution is 6.31. The largest absolute Gasteiger partial charge is 0.495 e. The van der Waals surface area contributed by atoms with Gasteiger partial charge in [-0.3, -0.25) is 14.3 Å². The number of hydrogen-bond acceptors (Lipinski definition) is 4. The van der Waals surface area contributed by atoms with Gasteiger partial charge in [-0.1, -0.05) is 23.7 Å². The number of nitrogens with zero attached hydrogens (tertiary/aromatic N) is 2. The summed E-state index contributed by atoms with van der Waals surface area (Å²) in [5.74, 6) is 0.315. The van der Waals surface area contributed by atoms with Crippen molar-refractivity contribution in [2.24, 2.45) is 0 Å². The second-order valence-electron chi connectivity index (χ2n) is 5.85. The van der Waals surface area contributed by atoms with Gasteiger partial charge in [-0.25, -0.2) is 0 Å². The van der Waals surface area contributed by atoms with Gasteiger partial charge in [-0.05, 0) is 30.7 Å². The second-order valence-corrected chi connectivity index (χ2v) is 6.26. The summed E-state index contributed by atoms with van der Waals surface area (Å²) in [4.78, 5) is 24.2. The molecule has 2 aromatic carbocycles. The molecule has 1 heterocycles. The lowest BCUT2D eigenvalue weighted by Crippen LogP contribution is -2.18. The molecule has 0 fully saturated rings. The molecule has 0 aliphatic carbocycles. The van der Waals surface area contributed by atoms with Gasteiger partial charge in [0.2, 0.25) is 11.3 Å². The number of carbonyl (C=O) groups is 1. The van der Waals surface area contributed by atoms with Crippen LogP contribution in [0.1, 0.15) is 12.0 Å². The smallest absolute Gasteiger partial charge is 0.226 e. The monoisotopic (exact) mass is 371 g/mol. The molecule has 0 radical (unpaired) electrons. The summed E-state index contributed by atoms with van der Waals surface area (Å²) in [6, 6.07) is 10.6. The highest BCUT2D eigenvalue weighted by Gasteiger charge is 2.11. The SMILES string of the molecule is COc1cc(Cl)c(C)cc1NC(=O)CCn1ncc(=O)c2ccccc21. The van der Waals surface area contributed by atoms with Crippen LogP contribution >= 0.6 is 11.6 Å². The molecular formula is C19H18ClN3O3. The predicted molar refractivity (Wildman–Crippen MR) is 102 cm³/mol. The van der Waals surface area contributed by atoms with Crippen LogP contribution in [0.15, 0.2) is 47.4 Å². The standard InChI is InChI=1S/C19H18ClN3O3/c1-12-9-15(18(26-2)10-14(12)20)22-19(25)7-8-23-16-6-4-3-5-13(16)17(24)11-21-23/h3-6,9-11H,7-8H2,1-2H3,(H,22,25). The fraction of sp³-hybridized carbons (Fsp3) is 0.211. The van der Waals surface area contributed by atoms with Crippen LogP contribution in [0.3, 0.4) is 0 Å². The van der Waals surface area contributed by atoms with Crippen molar-refractivity contribution in [1.82, 2.24) is 9.78 Å². The lowest BCUT2D eigenvalue weighted by molar-refractivity contribution is -0.116. The summed E-state index contributed by atoms with van der Waals surface area (Å²) in [6.45, 7) is 2.20. The number of amides is 1. The third kappa shape index (κ3) is 3.70. The van der Waals surface area contributed by atoms with E-state index in [4.69, 9.17) is 16.3 Å². The first kappa shape index (κ1) is 17.9. The lowest BCUT2D eigenvalue weighted by atomic mass is 10.2. The van der Waals surface area contributed by atoms with Gasteiger partial charge in [0.15, 0.2) is 0 Å². The Morgan fingerprint density at radius 3 is 2.85 bits per heavy atom. The molecule has 0 saturated heterocycles. The Hall–Kier alpha value is -2.86. The number of nitrogens with one attached hydrogen (secondary N) is 1. The van der Waals surface area contributed by atoms with E-state index in [0.29, 0.717) is 33.9 Å². The highest BCUT2D eigenvalue weighted by atomic mass is 35.5. The average molecular weight is 372 g/mol. The van der Waals surface area contributed by atoms with Gasteiger partial charge in [0.05, 0.1) is 31.1 Å². The maximum Gasteiger partial charge on any atom is 0.226 e. The van der Waals surface area contributed by atoms with E-state index in [9.17, 15) is 9.59 Å². The molecule has 1 aromatic heterocycles. The van der Waals surface area contributed by atoms with Crippen LogP contribution in [0.5, 0.6) is 5.75 Å². The maximum atomic E-state index is 12.4. The van der Waals surface area contributed by atoms with E-state index >= 15 is 0 Å². The van der Waals surface area contributed by atoms with Gasteiger partial charge >= 0.3 is 0 Å². The molecule has 0 unspecified atom stereocenters. The molecule has 0 atom stereocenters. The molecule has 1 amide bonds. The average Bonchev–Trinajstić information content (AvgIpc) is 2.64. The molecule has 0 aliphatic rings. The first-order valence-electron chi connectivity index (χ1n) is 8.08. The molecule has 3 aromatic rings. The summed E-state index contributed by atoms with van der Waals surface area (Å²) in [6.07, 6.45) is 1.47.